The fourth-order valence-electron chi connectivity index (χ4n) is 2.21. The fourth-order valence-corrected chi connectivity index (χ4v) is 2.21. The summed E-state index contributed by atoms with van der Waals surface area (Å²) in [6, 6.07) is 12.8. The highest BCUT2D eigenvalue weighted by Crippen LogP contribution is 2.28. The minimum atomic E-state index is -0.444. The number of carbonyl (C=O) groups excluding carboxylic acids is 1. The van der Waals surface area contributed by atoms with Crippen LogP contribution in [0.4, 0.5) is 0 Å². The van der Waals surface area contributed by atoms with Crippen molar-refractivity contribution in [1.29, 1.82) is 0 Å². The van der Waals surface area contributed by atoms with Crippen LogP contribution in [0.3, 0.4) is 0 Å². The van der Waals surface area contributed by atoms with Gasteiger partial charge >= 0.3 is 5.97 Å². The van der Waals surface area contributed by atoms with Crippen LogP contribution >= 0.6 is 0 Å². The number of aromatic nitrogens is 1. The Bertz CT molecular complexity index is 849. The SMILES string of the molecule is CC(=O)Oc1cc(=O)[nH]c2c1ccc1ccccc12. The predicted octanol–water partition coefficient (Wildman–Crippen LogP) is 2.61. The van der Waals surface area contributed by atoms with Crippen LogP contribution in [0.1, 0.15) is 6.92 Å². The molecule has 0 bridgehead atoms. The quantitative estimate of drug-likeness (QED) is 0.535. The predicted molar refractivity (Wildman–Crippen MR) is 73.4 cm³/mol. The Morgan fingerprint density at radius 3 is 2.68 bits per heavy atom. The second-order valence-corrected chi connectivity index (χ2v) is 4.30. The standard InChI is InChI=1S/C15H11NO3/c1-9(17)19-13-8-14(18)16-15-11-5-3-2-4-10(11)6-7-12(13)15/h2-8H,1H3,(H,16,18). The molecule has 0 aliphatic rings. The molecule has 4 heteroatoms. The van der Waals surface area contributed by atoms with E-state index in [4.69, 9.17) is 4.74 Å². The van der Waals surface area contributed by atoms with Gasteiger partial charge in [0.2, 0.25) is 0 Å². The number of rotatable bonds is 1. The molecular weight excluding hydrogens is 242 g/mol. The van der Waals surface area contributed by atoms with Crippen LogP contribution in [-0.2, 0) is 4.79 Å². The largest absolute Gasteiger partial charge is 0.426 e. The van der Waals surface area contributed by atoms with Crippen molar-refractivity contribution in [3.05, 3.63) is 52.8 Å². The van der Waals surface area contributed by atoms with Gasteiger partial charge in [-0.15, -0.1) is 0 Å². The third-order valence-electron chi connectivity index (χ3n) is 2.96. The topological polar surface area (TPSA) is 59.2 Å². The Labute approximate surface area is 108 Å². The molecular formula is C15H11NO3. The van der Waals surface area contributed by atoms with Gasteiger partial charge in [-0.3, -0.25) is 9.59 Å². The zero-order valence-corrected chi connectivity index (χ0v) is 10.3. The molecule has 0 aliphatic heterocycles. The Kier molecular flexibility index (Phi) is 2.56. The van der Waals surface area contributed by atoms with Crippen molar-refractivity contribution in [3.63, 3.8) is 0 Å². The number of carbonyl (C=O) groups is 1. The Balaban J connectivity index is 2.44. The Morgan fingerprint density at radius 1 is 1.11 bits per heavy atom. The van der Waals surface area contributed by atoms with Gasteiger partial charge in [0.25, 0.3) is 5.56 Å². The van der Waals surface area contributed by atoms with Gasteiger partial charge in [0.15, 0.2) is 0 Å². The van der Waals surface area contributed by atoms with E-state index in [2.05, 4.69) is 4.98 Å². The number of esters is 1. The number of ether oxygens (including phenoxy) is 1. The second kappa shape index (κ2) is 4.24. The molecule has 1 N–H and O–H groups in total. The zero-order valence-electron chi connectivity index (χ0n) is 10.3. The molecule has 0 saturated carbocycles. The van der Waals surface area contributed by atoms with E-state index in [0.717, 1.165) is 10.8 Å². The number of H-pyrrole nitrogens is 1. The summed E-state index contributed by atoms with van der Waals surface area (Å²) in [5, 5.41) is 2.66. The van der Waals surface area contributed by atoms with Gasteiger partial charge in [0.05, 0.1) is 5.52 Å². The maximum absolute atomic E-state index is 11.7. The summed E-state index contributed by atoms with van der Waals surface area (Å²) in [4.78, 5) is 25.6. The molecule has 0 saturated heterocycles. The van der Waals surface area contributed by atoms with Crippen LogP contribution in [0.15, 0.2) is 47.3 Å². The van der Waals surface area contributed by atoms with Gasteiger partial charge in [-0.05, 0) is 11.5 Å². The minimum Gasteiger partial charge on any atom is -0.426 e. The number of hydrogen-bond donors (Lipinski definition) is 1. The molecule has 2 aromatic carbocycles. The summed E-state index contributed by atoms with van der Waals surface area (Å²) in [6.07, 6.45) is 0. The summed E-state index contributed by atoms with van der Waals surface area (Å²) >= 11 is 0. The molecule has 0 radical (unpaired) electrons. The van der Waals surface area contributed by atoms with Crippen LogP contribution < -0.4 is 10.3 Å². The van der Waals surface area contributed by atoms with Crippen molar-refractivity contribution in [2.75, 3.05) is 0 Å². The molecule has 0 aliphatic carbocycles. The van der Waals surface area contributed by atoms with Gasteiger partial charge in [-0.2, -0.15) is 0 Å². The summed E-state index contributed by atoms with van der Waals surface area (Å²) in [5.41, 5.74) is 0.391. The first-order chi connectivity index (χ1) is 9.15. The van der Waals surface area contributed by atoms with Crippen molar-refractivity contribution in [3.8, 4) is 5.75 Å². The molecule has 3 aromatic rings. The molecule has 0 spiro atoms. The van der Waals surface area contributed by atoms with Crippen molar-refractivity contribution in [2.45, 2.75) is 6.92 Å². The van der Waals surface area contributed by atoms with Gasteiger partial charge < -0.3 is 9.72 Å². The molecule has 0 fully saturated rings. The normalized spacial score (nSPS) is 10.8. The average molecular weight is 253 g/mol. The smallest absolute Gasteiger partial charge is 0.308 e. The van der Waals surface area contributed by atoms with E-state index in [1.165, 1.54) is 13.0 Å². The molecule has 0 unspecified atom stereocenters. The van der Waals surface area contributed by atoms with E-state index in [1.807, 2.05) is 36.4 Å². The second-order valence-electron chi connectivity index (χ2n) is 4.30. The lowest BCUT2D eigenvalue weighted by atomic mass is 10.1. The van der Waals surface area contributed by atoms with Crippen LogP contribution in [0, 0.1) is 0 Å². The molecule has 1 aromatic heterocycles. The van der Waals surface area contributed by atoms with Crippen LogP contribution in [0.2, 0.25) is 0 Å². The summed E-state index contributed by atoms with van der Waals surface area (Å²) in [7, 11) is 0. The lowest BCUT2D eigenvalue weighted by molar-refractivity contribution is -0.131. The maximum Gasteiger partial charge on any atom is 0.308 e. The van der Waals surface area contributed by atoms with Gasteiger partial charge in [0.1, 0.15) is 5.75 Å². The minimum absolute atomic E-state index is 0.289. The number of nitrogens with one attached hydrogen (secondary N) is 1. The van der Waals surface area contributed by atoms with Crippen LogP contribution in [0.25, 0.3) is 21.7 Å². The summed E-state index contributed by atoms with van der Waals surface area (Å²) < 4.78 is 5.10. The third-order valence-corrected chi connectivity index (χ3v) is 2.96. The average Bonchev–Trinajstić information content (AvgIpc) is 2.37. The summed E-state index contributed by atoms with van der Waals surface area (Å²) in [5.74, 6) is -0.155. The summed E-state index contributed by atoms with van der Waals surface area (Å²) in [6.45, 7) is 1.31. The van der Waals surface area contributed by atoms with E-state index in [0.29, 0.717) is 10.9 Å². The number of hydrogen-bond acceptors (Lipinski definition) is 3. The van der Waals surface area contributed by atoms with E-state index in [1.54, 1.807) is 0 Å². The monoisotopic (exact) mass is 253 g/mol. The highest BCUT2D eigenvalue weighted by molar-refractivity contribution is 6.07. The van der Waals surface area contributed by atoms with Crippen LogP contribution in [-0.4, -0.2) is 11.0 Å². The van der Waals surface area contributed by atoms with E-state index >= 15 is 0 Å². The first-order valence-electron chi connectivity index (χ1n) is 5.88. The highest BCUT2D eigenvalue weighted by Gasteiger charge is 2.09. The van der Waals surface area contributed by atoms with Crippen molar-refractivity contribution < 1.29 is 9.53 Å². The Morgan fingerprint density at radius 2 is 1.89 bits per heavy atom. The third kappa shape index (κ3) is 1.97. The van der Waals surface area contributed by atoms with Gasteiger partial charge in [0, 0.05) is 23.8 Å². The molecule has 19 heavy (non-hydrogen) atoms. The molecule has 3 rings (SSSR count). The van der Waals surface area contributed by atoms with Crippen LogP contribution in [0.5, 0.6) is 5.75 Å². The first kappa shape index (κ1) is 11.5. The number of aromatic amines is 1. The number of benzene rings is 2. The van der Waals surface area contributed by atoms with E-state index in [9.17, 15) is 9.59 Å². The molecule has 1 heterocycles. The lowest BCUT2D eigenvalue weighted by Gasteiger charge is -2.08. The van der Waals surface area contributed by atoms with Crippen molar-refractivity contribution >= 4 is 27.6 Å². The van der Waals surface area contributed by atoms with Crippen molar-refractivity contribution in [1.82, 2.24) is 4.98 Å². The number of fused-ring (bicyclic) bond motifs is 3. The number of pyridine rings is 1. The first-order valence-corrected chi connectivity index (χ1v) is 5.88. The maximum atomic E-state index is 11.7. The molecule has 0 atom stereocenters. The molecule has 4 nitrogen and oxygen atoms in total. The molecule has 94 valence electrons. The lowest BCUT2D eigenvalue weighted by Crippen LogP contribution is -2.09. The Hall–Kier alpha value is -2.62. The van der Waals surface area contributed by atoms with E-state index < -0.39 is 5.97 Å². The van der Waals surface area contributed by atoms with Gasteiger partial charge in [-0.25, -0.2) is 0 Å². The highest BCUT2D eigenvalue weighted by atomic mass is 16.5. The van der Waals surface area contributed by atoms with E-state index in [-0.39, 0.29) is 11.3 Å². The fraction of sp³-hybridized carbons (Fsp3) is 0.0667. The van der Waals surface area contributed by atoms with Crippen molar-refractivity contribution in [2.24, 2.45) is 0 Å². The van der Waals surface area contributed by atoms with Gasteiger partial charge in [-0.1, -0.05) is 30.3 Å². The zero-order chi connectivity index (χ0) is 13.4. The molecule has 0 amide bonds.